The summed E-state index contributed by atoms with van der Waals surface area (Å²) in [7, 11) is 0. The standard InChI is InChI=1S/C23H38O3/c1-4-26-14-23(25)12-10-17-16(13-23)5-6-19-18(17)9-11-22(3)20(15(2)24)7-8-21(19)22/h16-21,25H,4-14H2,1-3H3/t16-,17-,18+,19+,20+,21-,22+,23+/m0/s1. The molecular weight excluding hydrogens is 324 g/mol. The van der Waals surface area contributed by atoms with Crippen LogP contribution in [0.25, 0.3) is 0 Å². The lowest BCUT2D eigenvalue weighted by molar-refractivity contribution is -0.136. The predicted molar refractivity (Wildman–Crippen MR) is 103 cm³/mol. The van der Waals surface area contributed by atoms with E-state index in [1.807, 2.05) is 13.8 Å². The van der Waals surface area contributed by atoms with Crippen LogP contribution in [0.5, 0.6) is 0 Å². The van der Waals surface area contributed by atoms with Gasteiger partial charge in [0, 0.05) is 12.5 Å². The van der Waals surface area contributed by atoms with Gasteiger partial charge in [-0.2, -0.15) is 0 Å². The maximum absolute atomic E-state index is 12.2. The number of carbonyl (C=O) groups excluding carboxylic acids is 1. The van der Waals surface area contributed by atoms with Gasteiger partial charge >= 0.3 is 0 Å². The molecule has 8 atom stereocenters. The SMILES string of the molecule is CCOC[C@@]1(O)CC[C@H]2[C@@H](CC[C@@H]3[C@@H]2CC[C@]2(C)[C@@H](C(C)=O)CC[C@@H]32)C1. The summed E-state index contributed by atoms with van der Waals surface area (Å²) in [6, 6.07) is 0. The van der Waals surface area contributed by atoms with Crippen LogP contribution < -0.4 is 0 Å². The molecule has 3 heteroatoms. The molecule has 1 N–H and O–H groups in total. The number of hydrogen-bond donors (Lipinski definition) is 1. The van der Waals surface area contributed by atoms with Gasteiger partial charge in [0.25, 0.3) is 0 Å². The Hall–Kier alpha value is -0.410. The van der Waals surface area contributed by atoms with Gasteiger partial charge in [0.2, 0.25) is 0 Å². The molecule has 0 bridgehead atoms. The molecule has 4 aliphatic rings. The van der Waals surface area contributed by atoms with Crippen LogP contribution in [-0.4, -0.2) is 29.7 Å². The lowest BCUT2D eigenvalue weighted by Crippen LogP contribution is -2.52. The Balaban J connectivity index is 1.47. The molecule has 26 heavy (non-hydrogen) atoms. The third-order valence-electron chi connectivity index (χ3n) is 9.17. The number of aliphatic hydroxyl groups is 1. The lowest BCUT2D eigenvalue weighted by Gasteiger charge is -2.57. The van der Waals surface area contributed by atoms with Gasteiger partial charge in [-0.15, -0.1) is 0 Å². The van der Waals surface area contributed by atoms with E-state index in [1.54, 1.807) is 0 Å². The molecule has 0 radical (unpaired) electrons. The van der Waals surface area contributed by atoms with E-state index in [0.717, 1.165) is 42.9 Å². The van der Waals surface area contributed by atoms with Crippen molar-refractivity contribution < 1.29 is 14.6 Å². The Morgan fingerprint density at radius 1 is 1.04 bits per heavy atom. The summed E-state index contributed by atoms with van der Waals surface area (Å²) in [4.78, 5) is 12.2. The minimum atomic E-state index is -0.583. The highest BCUT2D eigenvalue weighted by Crippen LogP contribution is 2.64. The highest BCUT2D eigenvalue weighted by atomic mass is 16.5. The van der Waals surface area contributed by atoms with Crippen molar-refractivity contribution in [1.82, 2.24) is 0 Å². The van der Waals surface area contributed by atoms with Gasteiger partial charge in [0.05, 0.1) is 12.2 Å². The highest BCUT2D eigenvalue weighted by Gasteiger charge is 2.58. The van der Waals surface area contributed by atoms with Crippen molar-refractivity contribution in [3.8, 4) is 0 Å². The summed E-state index contributed by atoms with van der Waals surface area (Å²) in [5.74, 6) is 4.67. The molecule has 4 saturated carbocycles. The normalized spacial score (nSPS) is 50.6. The second-order valence-electron chi connectivity index (χ2n) is 10.3. The Labute approximate surface area is 159 Å². The van der Waals surface area contributed by atoms with Crippen molar-refractivity contribution in [2.45, 2.75) is 84.2 Å². The van der Waals surface area contributed by atoms with Crippen LogP contribution in [0.3, 0.4) is 0 Å². The first-order valence-electron chi connectivity index (χ1n) is 11.2. The van der Waals surface area contributed by atoms with Crippen LogP contribution in [0.15, 0.2) is 0 Å². The number of ketones is 1. The van der Waals surface area contributed by atoms with Gasteiger partial charge in [-0.25, -0.2) is 0 Å². The van der Waals surface area contributed by atoms with E-state index >= 15 is 0 Å². The average molecular weight is 363 g/mol. The summed E-state index contributed by atoms with van der Waals surface area (Å²) < 4.78 is 5.58. The molecule has 4 rings (SSSR count). The minimum absolute atomic E-state index is 0.268. The maximum Gasteiger partial charge on any atom is 0.133 e. The molecule has 0 aromatic heterocycles. The molecule has 0 aliphatic heterocycles. The van der Waals surface area contributed by atoms with Crippen molar-refractivity contribution in [1.29, 1.82) is 0 Å². The quantitative estimate of drug-likeness (QED) is 0.794. The smallest absolute Gasteiger partial charge is 0.133 e. The van der Waals surface area contributed by atoms with Gasteiger partial charge in [-0.3, -0.25) is 4.79 Å². The third kappa shape index (κ3) is 2.98. The largest absolute Gasteiger partial charge is 0.387 e. The van der Waals surface area contributed by atoms with E-state index in [1.165, 1.54) is 38.5 Å². The van der Waals surface area contributed by atoms with E-state index in [-0.39, 0.29) is 5.41 Å². The first-order valence-corrected chi connectivity index (χ1v) is 11.2. The monoisotopic (exact) mass is 362 g/mol. The number of rotatable bonds is 4. The van der Waals surface area contributed by atoms with Crippen molar-refractivity contribution in [2.24, 2.45) is 40.9 Å². The summed E-state index contributed by atoms with van der Waals surface area (Å²) in [6.45, 7) is 7.47. The fourth-order valence-corrected chi connectivity index (χ4v) is 8.05. The molecule has 0 aromatic rings. The lowest BCUT2D eigenvalue weighted by atomic mass is 9.49. The minimum Gasteiger partial charge on any atom is -0.387 e. The van der Waals surface area contributed by atoms with Crippen molar-refractivity contribution in [3.63, 3.8) is 0 Å². The number of carbonyl (C=O) groups is 1. The van der Waals surface area contributed by atoms with E-state index in [4.69, 9.17) is 4.74 Å². The third-order valence-corrected chi connectivity index (χ3v) is 9.17. The van der Waals surface area contributed by atoms with E-state index in [0.29, 0.717) is 30.8 Å². The Morgan fingerprint density at radius 2 is 1.81 bits per heavy atom. The average Bonchev–Trinajstić information content (AvgIpc) is 2.97. The van der Waals surface area contributed by atoms with Crippen LogP contribution >= 0.6 is 0 Å². The van der Waals surface area contributed by atoms with Crippen LogP contribution in [0.2, 0.25) is 0 Å². The maximum atomic E-state index is 12.2. The zero-order valence-corrected chi connectivity index (χ0v) is 17.0. The van der Waals surface area contributed by atoms with Gasteiger partial charge in [0.15, 0.2) is 0 Å². The highest BCUT2D eigenvalue weighted by molar-refractivity contribution is 5.79. The first kappa shape index (κ1) is 18.9. The van der Waals surface area contributed by atoms with E-state index in [9.17, 15) is 9.90 Å². The van der Waals surface area contributed by atoms with Crippen LogP contribution in [0.1, 0.15) is 78.6 Å². The first-order chi connectivity index (χ1) is 12.4. The molecule has 4 aliphatic carbocycles. The van der Waals surface area contributed by atoms with Crippen LogP contribution in [0, 0.1) is 40.9 Å². The second-order valence-corrected chi connectivity index (χ2v) is 10.3. The zero-order valence-electron chi connectivity index (χ0n) is 17.0. The van der Waals surface area contributed by atoms with Gasteiger partial charge in [0.1, 0.15) is 5.78 Å². The fraction of sp³-hybridized carbons (Fsp3) is 0.957. The van der Waals surface area contributed by atoms with Gasteiger partial charge in [-0.1, -0.05) is 6.92 Å². The molecule has 3 nitrogen and oxygen atoms in total. The van der Waals surface area contributed by atoms with Crippen molar-refractivity contribution in [2.75, 3.05) is 13.2 Å². The molecular formula is C23H38O3. The van der Waals surface area contributed by atoms with E-state index < -0.39 is 5.60 Å². The fourth-order valence-electron chi connectivity index (χ4n) is 8.05. The van der Waals surface area contributed by atoms with Crippen LogP contribution in [0.4, 0.5) is 0 Å². The summed E-state index contributed by atoms with van der Waals surface area (Å²) in [5, 5.41) is 11.0. The summed E-state index contributed by atoms with van der Waals surface area (Å²) in [6.07, 6.45) is 10.6. The Kier molecular flexibility index (Phi) is 5.01. The topological polar surface area (TPSA) is 46.5 Å². The molecule has 0 aromatic carbocycles. The molecule has 0 unspecified atom stereocenters. The molecule has 0 heterocycles. The molecule has 0 amide bonds. The molecule has 148 valence electrons. The molecule has 4 fully saturated rings. The summed E-state index contributed by atoms with van der Waals surface area (Å²) in [5.41, 5.74) is -0.315. The molecule has 0 spiro atoms. The number of fused-ring (bicyclic) bond motifs is 5. The zero-order chi connectivity index (χ0) is 18.5. The second kappa shape index (κ2) is 6.88. The number of Topliss-reactive ketones (excluding diaryl/α,β-unsaturated/α-hetero) is 1. The Morgan fingerprint density at radius 3 is 2.54 bits per heavy atom. The Bertz CT molecular complexity index is 546. The van der Waals surface area contributed by atoms with Crippen molar-refractivity contribution in [3.05, 3.63) is 0 Å². The van der Waals surface area contributed by atoms with Gasteiger partial charge < -0.3 is 9.84 Å². The van der Waals surface area contributed by atoms with Crippen molar-refractivity contribution >= 4 is 5.78 Å². The molecule has 0 saturated heterocycles. The van der Waals surface area contributed by atoms with E-state index in [2.05, 4.69) is 6.92 Å². The number of hydrogen-bond acceptors (Lipinski definition) is 3. The van der Waals surface area contributed by atoms with Crippen LogP contribution in [-0.2, 0) is 9.53 Å². The van der Waals surface area contributed by atoms with Gasteiger partial charge in [-0.05, 0) is 107 Å². The predicted octanol–water partition coefficient (Wildman–Crippen LogP) is 4.61. The summed E-state index contributed by atoms with van der Waals surface area (Å²) >= 11 is 0. The number of ether oxygens (including phenoxy) is 1.